The van der Waals surface area contributed by atoms with Crippen molar-refractivity contribution in [1.82, 2.24) is 9.80 Å². The number of amides is 4. The Bertz CT molecular complexity index is 964. The molecule has 2 saturated heterocycles. The van der Waals surface area contributed by atoms with E-state index < -0.39 is 0 Å². The van der Waals surface area contributed by atoms with E-state index in [-0.39, 0.29) is 59.4 Å². The Labute approximate surface area is 218 Å². The van der Waals surface area contributed by atoms with Crippen LogP contribution in [0.25, 0.3) is 0 Å². The van der Waals surface area contributed by atoms with Crippen LogP contribution in [-0.4, -0.2) is 45.5 Å². The first kappa shape index (κ1) is 22.7. The van der Waals surface area contributed by atoms with Gasteiger partial charge in [-0.05, 0) is 106 Å². The topological polar surface area (TPSA) is 74.8 Å². The van der Waals surface area contributed by atoms with E-state index in [1.165, 1.54) is 6.42 Å². The van der Waals surface area contributed by atoms with Crippen molar-refractivity contribution in [3.05, 3.63) is 24.3 Å². The van der Waals surface area contributed by atoms with Crippen molar-refractivity contribution in [2.24, 2.45) is 59.2 Å². The molecule has 8 unspecified atom stereocenters. The fourth-order valence-electron chi connectivity index (χ4n) is 10.3. The van der Waals surface area contributed by atoms with E-state index >= 15 is 0 Å². The van der Waals surface area contributed by atoms with Crippen molar-refractivity contribution in [3.63, 3.8) is 0 Å². The maximum absolute atomic E-state index is 13.2. The van der Waals surface area contributed by atoms with Crippen molar-refractivity contribution in [1.29, 1.82) is 0 Å². The molecule has 6 nitrogen and oxygen atoms in total. The molecule has 2 aliphatic heterocycles. The van der Waals surface area contributed by atoms with Gasteiger partial charge < -0.3 is 0 Å². The molecule has 0 spiro atoms. The van der Waals surface area contributed by atoms with Gasteiger partial charge in [-0.3, -0.25) is 29.0 Å². The largest absolute Gasteiger partial charge is 0.279 e. The lowest BCUT2D eigenvalue weighted by molar-refractivity contribution is -0.145. The third-order valence-corrected chi connectivity index (χ3v) is 12.0. The van der Waals surface area contributed by atoms with Crippen molar-refractivity contribution in [3.8, 4) is 0 Å². The second-order valence-corrected chi connectivity index (χ2v) is 13.7. The Morgan fingerprint density at radius 3 is 1.08 bits per heavy atom. The number of hydrogen-bond acceptors (Lipinski definition) is 4. The maximum atomic E-state index is 13.2. The molecule has 4 saturated carbocycles. The molecule has 0 aromatic rings. The SMILES string of the molecule is O=C1C2C3C=CC(C3)C2C(=O)N1C1CCC(CC2CCC(N3C(=O)C4C5C=CC(C5)C4C3=O)CC2)CC1. The lowest BCUT2D eigenvalue weighted by Crippen LogP contribution is -2.44. The summed E-state index contributed by atoms with van der Waals surface area (Å²) in [6, 6.07) is 0.210. The molecule has 4 amide bonds. The zero-order valence-corrected chi connectivity index (χ0v) is 21.5. The minimum absolute atomic E-state index is 0.0734. The Morgan fingerprint density at radius 2 is 0.784 bits per heavy atom. The van der Waals surface area contributed by atoms with Crippen LogP contribution in [0.4, 0.5) is 0 Å². The van der Waals surface area contributed by atoms with Gasteiger partial charge in [0.05, 0.1) is 23.7 Å². The average Bonchev–Trinajstić information content (AvgIpc) is 3.74. The molecular weight excluding hydrogens is 464 g/mol. The summed E-state index contributed by atoms with van der Waals surface area (Å²) in [5.74, 6) is 2.68. The molecule has 196 valence electrons. The number of carbonyl (C=O) groups excluding carboxylic acids is 4. The Hall–Kier alpha value is -2.24. The first-order chi connectivity index (χ1) is 18.0. The summed E-state index contributed by atoms with van der Waals surface area (Å²) in [4.78, 5) is 56.2. The molecule has 8 aliphatic rings. The van der Waals surface area contributed by atoms with E-state index in [2.05, 4.69) is 24.3 Å². The maximum Gasteiger partial charge on any atom is 0.233 e. The van der Waals surface area contributed by atoms with Gasteiger partial charge in [0.2, 0.25) is 23.6 Å². The van der Waals surface area contributed by atoms with Gasteiger partial charge in [0.25, 0.3) is 0 Å². The van der Waals surface area contributed by atoms with E-state index in [9.17, 15) is 19.2 Å². The van der Waals surface area contributed by atoms with E-state index in [1.54, 1.807) is 9.80 Å². The molecule has 6 aliphatic carbocycles. The van der Waals surface area contributed by atoms with Crippen LogP contribution in [-0.2, 0) is 19.2 Å². The number of fused-ring (bicyclic) bond motifs is 10. The molecule has 8 rings (SSSR count). The quantitative estimate of drug-likeness (QED) is 0.428. The predicted molar refractivity (Wildman–Crippen MR) is 135 cm³/mol. The zero-order chi connectivity index (χ0) is 25.0. The van der Waals surface area contributed by atoms with Crippen LogP contribution in [0.5, 0.6) is 0 Å². The van der Waals surface area contributed by atoms with Gasteiger partial charge in [0, 0.05) is 12.1 Å². The molecule has 6 heteroatoms. The summed E-state index contributed by atoms with van der Waals surface area (Å²) in [5, 5.41) is 0. The highest BCUT2D eigenvalue weighted by Gasteiger charge is 2.61. The third kappa shape index (κ3) is 3.16. The van der Waals surface area contributed by atoms with E-state index in [0.29, 0.717) is 35.5 Å². The van der Waals surface area contributed by atoms with Gasteiger partial charge in [-0.1, -0.05) is 24.3 Å². The van der Waals surface area contributed by atoms with Gasteiger partial charge in [-0.2, -0.15) is 0 Å². The summed E-state index contributed by atoms with van der Waals surface area (Å²) in [6.45, 7) is 0. The molecule has 0 aromatic heterocycles. The fraction of sp³-hybridized carbons (Fsp3) is 0.742. The fourth-order valence-corrected chi connectivity index (χ4v) is 10.3. The molecule has 2 heterocycles. The molecule has 0 N–H and O–H groups in total. The smallest absolute Gasteiger partial charge is 0.233 e. The molecule has 0 radical (unpaired) electrons. The molecule has 4 bridgehead atoms. The minimum atomic E-state index is -0.0734. The highest BCUT2D eigenvalue weighted by molar-refractivity contribution is 6.07. The van der Waals surface area contributed by atoms with Crippen LogP contribution in [0, 0.1) is 59.2 Å². The van der Waals surface area contributed by atoms with Crippen LogP contribution in [0.3, 0.4) is 0 Å². The van der Waals surface area contributed by atoms with E-state index in [1.807, 2.05) is 0 Å². The standard InChI is InChI=1S/C31H38N2O4/c34-28-24-18-5-6-19(14-18)25(24)29(35)32(28)22-9-1-16(2-10-22)13-17-3-11-23(12-4-17)33-30(36)26-20-7-8-21(15-20)27(26)31(33)37/h5-8,16-27H,1-4,9-15H2. The monoisotopic (exact) mass is 502 g/mol. The molecular formula is C31H38N2O4. The summed E-state index contributed by atoms with van der Waals surface area (Å²) in [7, 11) is 0. The number of rotatable bonds is 4. The average molecular weight is 503 g/mol. The second-order valence-electron chi connectivity index (χ2n) is 13.7. The zero-order valence-electron chi connectivity index (χ0n) is 21.5. The highest BCUT2D eigenvalue weighted by Crippen LogP contribution is 2.55. The summed E-state index contributed by atoms with van der Waals surface area (Å²) in [5.41, 5.74) is 0. The first-order valence-corrected chi connectivity index (χ1v) is 15.1. The van der Waals surface area contributed by atoms with Crippen molar-refractivity contribution >= 4 is 23.6 Å². The van der Waals surface area contributed by atoms with Gasteiger partial charge in [0.1, 0.15) is 0 Å². The normalized spacial score (nSPS) is 49.6. The Morgan fingerprint density at radius 1 is 0.486 bits per heavy atom. The Balaban J connectivity index is 0.836. The molecule has 8 atom stereocenters. The number of imide groups is 2. The van der Waals surface area contributed by atoms with E-state index in [0.717, 1.165) is 64.2 Å². The summed E-state index contributed by atoms with van der Waals surface area (Å²) < 4.78 is 0. The highest BCUT2D eigenvalue weighted by atomic mass is 16.2. The summed E-state index contributed by atoms with van der Waals surface area (Å²) in [6.07, 6.45) is 20.1. The molecule has 6 fully saturated rings. The third-order valence-electron chi connectivity index (χ3n) is 12.0. The number of carbonyl (C=O) groups is 4. The summed E-state index contributed by atoms with van der Waals surface area (Å²) >= 11 is 0. The number of nitrogens with zero attached hydrogens (tertiary/aromatic N) is 2. The minimum Gasteiger partial charge on any atom is -0.279 e. The lowest BCUT2D eigenvalue weighted by atomic mass is 9.75. The first-order valence-electron chi connectivity index (χ1n) is 15.1. The second kappa shape index (κ2) is 8.13. The van der Waals surface area contributed by atoms with Crippen LogP contribution in [0.15, 0.2) is 24.3 Å². The van der Waals surface area contributed by atoms with Crippen LogP contribution < -0.4 is 0 Å². The number of likely N-dealkylation sites (tertiary alicyclic amines) is 2. The predicted octanol–water partition coefficient (Wildman–Crippen LogP) is 4.11. The van der Waals surface area contributed by atoms with Gasteiger partial charge in [0.15, 0.2) is 0 Å². The van der Waals surface area contributed by atoms with Crippen molar-refractivity contribution < 1.29 is 19.2 Å². The molecule has 37 heavy (non-hydrogen) atoms. The molecule has 0 aromatic carbocycles. The van der Waals surface area contributed by atoms with Crippen molar-refractivity contribution in [2.75, 3.05) is 0 Å². The van der Waals surface area contributed by atoms with Gasteiger partial charge >= 0.3 is 0 Å². The van der Waals surface area contributed by atoms with Crippen LogP contribution >= 0.6 is 0 Å². The Kier molecular flexibility index (Phi) is 4.99. The van der Waals surface area contributed by atoms with Gasteiger partial charge in [-0.25, -0.2) is 0 Å². The van der Waals surface area contributed by atoms with E-state index in [4.69, 9.17) is 0 Å². The lowest BCUT2D eigenvalue weighted by Gasteiger charge is -2.38. The van der Waals surface area contributed by atoms with Crippen LogP contribution in [0.1, 0.15) is 70.6 Å². The van der Waals surface area contributed by atoms with Crippen molar-refractivity contribution in [2.45, 2.75) is 82.7 Å². The van der Waals surface area contributed by atoms with Gasteiger partial charge in [-0.15, -0.1) is 0 Å². The number of allylic oxidation sites excluding steroid dienone is 4. The number of hydrogen-bond donors (Lipinski definition) is 0. The van der Waals surface area contributed by atoms with Crippen LogP contribution in [0.2, 0.25) is 0 Å².